The lowest BCUT2D eigenvalue weighted by atomic mass is 9.79. The number of methoxy groups -OCH3 is 1. The molecule has 0 aliphatic carbocycles. The molecule has 0 radical (unpaired) electrons. The Hall–Kier alpha value is -4.38. The van der Waals surface area contributed by atoms with Crippen LogP contribution in [0.3, 0.4) is 0 Å². The lowest BCUT2D eigenvalue weighted by Gasteiger charge is -2.27. The van der Waals surface area contributed by atoms with Crippen LogP contribution in [0.5, 0.6) is 11.5 Å². The second-order valence-electron chi connectivity index (χ2n) is 11.2. The fourth-order valence-corrected chi connectivity index (χ4v) is 5.10. The second kappa shape index (κ2) is 9.73. The summed E-state index contributed by atoms with van der Waals surface area (Å²) in [7, 11) is 1.35. The molecule has 0 aliphatic heterocycles. The van der Waals surface area contributed by atoms with Crippen LogP contribution in [0, 0.1) is 23.0 Å². The summed E-state index contributed by atoms with van der Waals surface area (Å²) in [5.41, 5.74) is 1.76. The zero-order valence-corrected chi connectivity index (χ0v) is 22.7. The van der Waals surface area contributed by atoms with Gasteiger partial charge < -0.3 is 19.5 Å². The highest BCUT2D eigenvalue weighted by molar-refractivity contribution is 6.04. The van der Waals surface area contributed by atoms with Gasteiger partial charge in [0.2, 0.25) is 0 Å². The number of carboxylic acid groups (broad SMARTS) is 1. The first kappa shape index (κ1) is 27.6. The zero-order chi connectivity index (χ0) is 28.9. The van der Waals surface area contributed by atoms with Crippen LogP contribution in [-0.2, 0) is 10.8 Å². The quantitative estimate of drug-likeness (QED) is 0.268. The van der Waals surface area contributed by atoms with Crippen molar-refractivity contribution in [2.45, 2.75) is 51.9 Å². The van der Waals surface area contributed by atoms with E-state index in [1.165, 1.54) is 31.4 Å². The van der Waals surface area contributed by atoms with Crippen molar-refractivity contribution >= 4 is 16.9 Å². The number of halogens is 2. The normalized spacial score (nSPS) is 12.0. The number of phenolic OH excluding ortho intramolecular Hbond substituents is 1. The fraction of sp³-hybridized carbons (Fsp3) is 0.290. The number of carboxylic acids is 1. The van der Waals surface area contributed by atoms with E-state index in [1.54, 1.807) is 22.8 Å². The van der Waals surface area contributed by atoms with E-state index in [0.29, 0.717) is 33.6 Å². The summed E-state index contributed by atoms with van der Waals surface area (Å²) in [5.74, 6) is -3.06. The number of aromatic hydroxyl groups is 1. The summed E-state index contributed by atoms with van der Waals surface area (Å²) in [5, 5.41) is 30.8. The number of rotatable bonds is 6. The van der Waals surface area contributed by atoms with E-state index in [9.17, 15) is 29.1 Å². The molecular weight excluding hydrogens is 502 g/mol. The first-order valence-corrected chi connectivity index (χ1v) is 12.4. The van der Waals surface area contributed by atoms with E-state index >= 15 is 0 Å². The maximum Gasteiger partial charge on any atom is 0.335 e. The summed E-state index contributed by atoms with van der Waals surface area (Å²) < 4.78 is 36.2. The van der Waals surface area contributed by atoms with Crippen molar-refractivity contribution in [1.82, 2.24) is 4.57 Å². The first-order valence-electron chi connectivity index (χ1n) is 12.4. The number of carbonyl (C=O) groups is 1. The van der Waals surface area contributed by atoms with E-state index in [1.807, 2.05) is 34.6 Å². The first-order chi connectivity index (χ1) is 18.2. The highest BCUT2D eigenvalue weighted by Crippen LogP contribution is 2.48. The van der Waals surface area contributed by atoms with E-state index in [2.05, 4.69) is 6.07 Å². The third-order valence-corrected chi connectivity index (χ3v) is 6.96. The zero-order valence-electron chi connectivity index (χ0n) is 22.7. The van der Waals surface area contributed by atoms with Gasteiger partial charge in [0.05, 0.1) is 29.6 Å². The Labute approximate surface area is 225 Å². The van der Waals surface area contributed by atoms with Crippen molar-refractivity contribution in [2.24, 2.45) is 0 Å². The minimum atomic E-state index is -1.08. The summed E-state index contributed by atoms with van der Waals surface area (Å²) in [6, 6.07) is 14.0. The molecule has 0 spiro atoms. The molecule has 202 valence electrons. The third kappa shape index (κ3) is 4.69. The van der Waals surface area contributed by atoms with Gasteiger partial charge in [-0.2, -0.15) is 5.26 Å². The van der Waals surface area contributed by atoms with Gasteiger partial charge in [0.25, 0.3) is 0 Å². The molecule has 0 bridgehead atoms. The summed E-state index contributed by atoms with van der Waals surface area (Å²) in [6.45, 7) is 9.39. The monoisotopic (exact) mass is 532 g/mol. The Kier molecular flexibility index (Phi) is 6.90. The Morgan fingerprint density at radius 3 is 2.28 bits per heavy atom. The van der Waals surface area contributed by atoms with Crippen molar-refractivity contribution in [2.75, 3.05) is 7.11 Å². The Bertz CT molecular complexity index is 1660. The van der Waals surface area contributed by atoms with E-state index in [4.69, 9.17) is 4.74 Å². The Morgan fingerprint density at radius 2 is 1.69 bits per heavy atom. The van der Waals surface area contributed by atoms with Crippen LogP contribution >= 0.6 is 0 Å². The number of aromatic carboxylic acids is 1. The van der Waals surface area contributed by atoms with Gasteiger partial charge in [-0.05, 0) is 52.9 Å². The molecule has 39 heavy (non-hydrogen) atoms. The topological polar surface area (TPSA) is 95.5 Å². The van der Waals surface area contributed by atoms with Gasteiger partial charge in [-0.3, -0.25) is 0 Å². The number of hydrogen-bond acceptors (Lipinski definition) is 4. The number of nitriles is 1. The number of benzene rings is 3. The molecule has 0 saturated heterocycles. The van der Waals surface area contributed by atoms with Gasteiger partial charge in [-0.1, -0.05) is 40.7 Å². The predicted molar refractivity (Wildman–Crippen MR) is 146 cm³/mol. The van der Waals surface area contributed by atoms with Crippen molar-refractivity contribution in [3.8, 4) is 34.4 Å². The number of ether oxygens (including phenoxy) is 1. The molecule has 4 rings (SSSR count). The van der Waals surface area contributed by atoms with Crippen LogP contribution in [0.25, 0.3) is 27.7 Å². The summed E-state index contributed by atoms with van der Waals surface area (Å²) >= 11 is 0. The highest BCUT2D eigenvalue weighted by atomic mass is 19.1. The third-order valence-electron chi connectivity index (χ3n) is 6.96. The van der Waals surface area contributed by atoms with Gasteiger partial charge in [-0.15, -0.1) is 0 Å². The van der Waals surface area contributed by atoms with Crippen molar-refractivity contribution in [3.63, 3.8) is 0 Å². The molecular formula is C31H30F2N2O4. The molecule has 6 nitrogen and oxygen atoms in total. The molecule has 3 aromatic carbocycles. The number of nitrogens with zero attached hydrogens (tertiary/aromatic N) is 2. The van der Waals surface area contributed by atoms with E-state index in [-0.39, 0.29) is 23.1 Å². The van der Waals surface area contributed by atoms with Crippen molar-refractivity contribution < 1.29 is 28.5 Å². The highest BCUT2D eigenvalue weighted by Gasteiger charge is 2.34. The van der Waals surface area contributed by atoms with Crippen LogP contribution in [-0.4, -0.2) is 27.9 Å². The second-order valence-corrected chi connectivity index (χ2v) is 11.2. The van der Waals surface area contributed by atoms with E-state index < -0.39 is 34.2 Å². The molecule has 0 saturated carbocycles. The van der Waals surface area contributed by atoms with Crippen LogP contribution in [0.2, 0.25) is 0 Å². The number of phenols is 1. The molecule has 0 amide bonds. The summed E-state index contributed by atoms with van der Waals surface area (Å²) in [4.78, 5) is 12.0. The van der Waals surface area contributed by atoms with Gasteiger partial charge in [-0.25, -0.2) is 13.6 Å². The van der Waals surface area contributed by atoms with E-state index in [0.717, 1.165) is 6.07 Å². The van der Waals surface area contributed by atoms with Crippen LogP contribution in [0.4, 0.5) is 8.78 Å². The fourth-order valence-electron chi connectivity index (χ4n) is 5.10. The standard InChI is InChI=1S/C31H30F2N2O4/c1-30(2,3)20-15-17(7-9-19(20)29(37)38)25-26-23(12-11-22(33)27(26)36)35(28(25)31(4,5)13-14-34)18-8-10-21(32)24(16-18)39-6/h7-12,15-16,36H,13H2,1-6H3,(H,37,38). The van der Waals surface area contributed by atoms with Gasteiger partial charge in [0.15, 0.2) is 23.1 Å². The molecule has 0 fully saturated rings. The number of fused-ring (bicyclic) bond motifs is 1. The average molecular weight is 533 g/mol. The lowest BCUT2D eigenvalue weighted by Crippen LogP contribution is -2.22. The minimum Gasteiger partial charge on any atom is -0.504 e. The molecule has 1 heterocycles. The van der Waals surface area contributed by atoms with Gasteiger partial charge in [0.1, 0.15) is 0 Å². The Balaban J connectivity index is 2.26. The Morgan fingerprint density at radius 1 is 1.03 bits per heavy atom. The average Bonchev–Trinajstić information content (AvgIpc) is 3.22. The van der Waals surface area contributed by atoms with Crippen molar-refractivity contribution in [1.29, 1.82) is 5.26 Å². The molecule has 0 atom stereocenters. The van der Waals surface area contributed by atoms with Crippen LogP contribution in [0.15, 0.2) is 48.5 Å². The minimum absolute atomic E-state index is 0.00731. The number of aromatic nitrogens is 1. The summed E-state index contributed by atoms with van der Waals surface area (Å²) in [6.07, 6.45) is 0.0667. The molecule has 8 heteroatoms. The SMILES string of the molecule is COc1cc(-n2c(C(C)(C)CC#N)c(-c3ccc(C(=O)O)c(C(C)(C)C)c3)c3c(O)c(F)ccc32)ccc1F. The van der Waals surface area contributed by atoms with Crippen LogP contribution in [0.1, 0.15) is 62.7 Å². The van der Waals surface area contributed by atoms with Crippen LogP contribution < -0.4 is 4.74 Å². The smallest absolute Gasteiger partial charge is 0.335 e. The lowest BCUT2D eigenvalue weighted by molar-refractivity contribution is 0.0694. The molecule has 0 unspecified atom stereocenters. The molecule has 1 aromatic heterocycles. The van der Waals surface area contributed by atoms with Crippen molar-refractivity contribution in [3.05, 3.63) is 77.0 Å². The maximum absolute atomic E-state index is 14.9. The molecule has 4 aromatic rings. The number of hydrogen-bond donors (Lipinski definition) is 2. The molecule has 0 aliphatic rings. The largest absolute Gasteiger partial charge is 0.504 e. The maximum atomic E-state index is 14.9. The predicted octanol–water partition coefficient (Wildman–Crippen LogP) is 7.48. The molecule has 2 N–H and O–H groups in total. The van der Waals surface area contributed by atoms with Gasteiger partial charge in [0, 0.05) is 34.8 Å². The van der Waals surface area contributed by atoms with Gasteiger partial charge >= 0.3 is 5.97 Å².